The summed E-state index contributed by atoms with van der Waals surface area (Å²) in [6.07, 6.45) is 12.6. The number of fused-ring (bicyclic) bond motifs is 1. The van der Waals surface area contributed by atoms with Gasteiger partial charge in [-0.25, -0.2) is 0 Å². The fourth-order valence-corrected chi connectivity index (χ4v) is 4.01. The van der Waals surface area contributed by atoms with Crippen LogP contribution in [0.4, 0.5) is 0 Å². The van der Waals surface area contributed by atoms with Gasteiger partial charge in [0, 0.05) is 22.4 Å². The smallest absolute Gasteiger partial charge is 0.182 e. The van der Waals surface area contributed by atoms with Gasteiger partial charge < -0.3 is 0 Å². The van der Waals surface area contributed by atoms with Gasteiger partial charge in [-0.15, -0.1) is 23.1 Å². The van der Waals surface area contributed by atoms with Gasteiger partial charge in [0.05, 0.1) is 4.21 Å². The second-order valence-corrected chi connectivity index (χ2v) is 5.90. The summed E-state index contributed by atoms with van der Waals surface area (Å²) in [5, 5.41) is 0. The largest absolute Gasteiger partial charge is 0.290 e. The highest BCUT2D eigenvalue weighted by atomic mass is 32.2. The van der Waals surface area contributed by atoms with Gasteiger partial charge in [0.15, 0.2) is 5.78 Å². The zero-order valence-electron chi connectivity index (χ0n) is 8.82. The topological polar surface area (TPSA) is 17.1 Å². The van der Waals surface area contributed by atoms with Crippen LogP contribution in [0.5, 0.6) is 0 Å². The highest BCUT2D eigenvalue weighted by molar-refractivity contribution is 8.00. The number of allylic oxidation sites excluding steroid dienone is 4. The molecule has 0 amide bonds. The monoisotopic (exact) mass is 246 g/mol. The van der Waals surface area contributed by atoms with E-state index in [1.807, 2.05) is 29.6 Å². The van der Waals surface area contributed by atoms with E-state index in [4.69, 9.17) is 0 Å². The molecule has 0 saturated carbocycles. The first-order valence-electron chi connectivity index (χ1n) is 5.09. The van der Waals surface area contributed by atoms with Crippen LogP contribution in [0.1, 0.15) is 16.0 Å². The Bertz CT molecular complexity index is 559. The fourth-order valence-electron chi connectivity index (χ4n) is 2.05. The Labute approximate surface area is 103 Å². The van der Waals surface area contributed by atoms with Gasteiger partial charge in [-0.05, 0) is 30.0 Å². The summed E-state index contributed by atoms with van der Waals surface area (Å²) >= 11 is 3.58. The molecule has 0 saturated heterocycles. The van der Waals surface area contributed by atoms with Crippen LogP contribution in [0.3, 0.4) is 0 Å². The number of hydrogen-bond acceptors (Lipinski definition) is 3. The van der Waals surface area contributed by atoms with Crippen molar-refractivity contribution in [3.05, 3.63) is 39.8 Å². The van der Waals surface area contributed by atoms with E-state index >= 15 is 0 Å². The Kier molecular flexibility index (Phi) is 2.37. The molecule has 0 unspecified atom stereocenters. The molecular formula is C13H10OS2. The molecule has 1 aromatic heterocycles. The Morgan fingerprint density at radius 2 is 2.19 bits per heavy atom. The molecule has 0 aromatic carbocycles. The molecule has 0 fully saturated rings. The molecule has 1 aromatic rings. The number of hydrogen-bond donors (Lipinski definition) is 0. The van der Waals surface area contributed by atoms with E-state index in [0.29, 0.717) is 0 Å². The predicted octanol–water partition coefficient (Wildman–Crippen LogP) is 3.56. The third-order valence-corrected chi connectivity index (χ3v) is 5.21. The lowest BCUT2D eigenvalue weighted by Gasteiger charge is -2.00. The molecule has 2 bridgehead atoms. The van der Waals surface area contributed by atoms with Crippen LogP contribution >= 0.6 is 23.1 Å². The maximum atomic E-state index is 11.8. The molecule has 0 atom stereocenters. The van der Waals surface area contributed by atoms with Crippen molar-refractivity contribution in [3.8, 4) is 0 Å². The zero-order chi connectivity index (χ0) is 11.1. The first-order valence-corrected chi connectivity index (χ1v) is 7.13. The molecule has 0 radical (unpaired) electrons. The van der Waals surface area contributed by atoms with Crippen molar-refractivity contribution in [1.82, 2.24) is 0 Å². The SMILES string of the molecule is CSc1sc2c3c1C=CC(=O)C(=CC=C2)C3. The van der Waals surface area contributed by atoms with E-state index < -0.39 is 0 Å². The Hall–Kier alpha value is -1.06. The van der Waals surface area contributed by atoms with Gasteiger partial charge in [0.2, 0.25) is 0 Å². The summed E-state index contributed by atoms with van der Waals surface area (Å²) in [7, 11) is 0. The number of thioether (sulfide) groups is 1. The molecule has 0 aliphatic heterocycles. The summed E-state index contributed by atoms with van der Waals surface area (Å²) < 4.78 is 1.31. The minimum atomic E-state index is 0.144. The van der Waals surface area contributed by atoms with Gasteiger partial charge in [-0.3, -0.25) is 4.79 Å². The molecule has 16 heavy (non-hydrogen) atoms. The van der Waals surface area contributed by atoms with Crippen molar-refractivity contribution in [2.24, 2.45) is 0 Å². The predicted molar refractivity (Wildman–Crippen MR) is 71.0 cm³/mol. The van der Waals surface area contributed by atoms with Crippen LogP contribution in [0.2, 0.25) is 0 Å². The van der Waals surface area contributed by atoms with Crippen molar-refractivity contribution < 1.29 is 4.79 Å². The van der Waals surface area contributed by atoms with Crippen LogP contribution in [-0.4, -0.2) is 12.0 Å². The van der Waals surface area contributed by atoms with Crippen molar-refractivity contribution in [2.45, 2.75) is 10.6 Å². The Balaban J connectivity index is 2.30. The lowest BCUT2D eigenvalue weighted by atomic mass is 10.0. The molecule has 0 N–H and O–H groups in total. The quantitative estimate of drug-likeness (QED) is 0.705. The maximum Gasteiger partial charge on any atom is 0.182 e. The molecule has 2 aliphatic rings. The van der Waals surface area contributed by atoms with Crippen molar-refractivity contribution in [3.63, 3.8) is 0 Å². The van der Waals surface area contributed by atoms with Gasteiger partial charge in [-0.1, -0.05) is 12.2 Å². The summed E-state index contributed by atoms with van der Waals surface area (Å²) in [4.78, 5) is 13.1. The highest BCUT2D eigenvalue weighted by Crippen LogP contribution is 2.40. The first-order chi connectivity index (χ1) is 7.79. The van der Waals surface area contributed by atoms with E-state index in [-0.39, 0.29) is 5.78 Å². The minimum absolute atomic E-state index is 0.144. The first kappa shape index (κ1) is 10.1. The second kappa shape index (κ2) is 3.75. The normalized spacial score (nSPS) is 17.1. The zero-order valence-corrected chi connectivity index (χ0v) is 10.5. The van der Waals surface area contributed by atoms with Crippen molar-refractivity contribution in [2.75, 3.05) is 6.26 Å². The average Bonchev–Trinajstić information content (AvgIpc) is 2.46. The van der Waals surface area contributed by atoms with Gasteiger partial charge in [0.25, 0.3) is 0 Å². The van der Waals surface area contributed by atoms with E-state index in [0.717, 1.165) is 12.0 Å². The summed E-state index contributed by atoms with van der Waals surface area (Å²) in [6, 6.07) is 0. The Morgan fingerprint density at radius 3 is 3.00 bits per heavy atom. The van der Waals surface area contributed by atoms with E-state index in [9.17, 15) is 4.79 Å². The summed E-state index contributed by atoms with van der Waals surface area (Å²) in [5.74, 6) is 0.144. The van der Waals surface area contributed by atoms with Crippen LogP contribution in [-0.2, 0) is 11.2 Å². The van der Waals surface area contributed by atoms with E-state index in [2.05, 4.69) is 12.3 Å². The molecule has 0 spiro atoms. The van der Waals surface area contributed by atoms with Gasteiger partial charge in [0.1, 0.15) is 0 Å². The number of ketones is 1. The minimum Gasteiger partial charge on any atom is -0.290 e. The van der Waals surface area contributed by atoms with Gasteiger partial charge >= 0.3 is 0 Å². The van der Waals surface area contributed by atoms with Crippen LogP contribution in [0.15, 0.2) is 28.0 Å². The molecule has 3 rings (SSSR count). The number of carbonyl (C=O) groups excluding carboxylic acids is 1. The molecule has 3 heteroatoms. The number of thiophene rings is 1. The highest BCUT2D eigenvalue weighted by Gasteiger charge is 2.21. The van der Waals surface area contributed by atoms with E-state index in [1.165, 1.54) is 20.2 Å². The standard InChI is InChI=1S/C13H10OS2/c1-15-13-9-5-6-11(14)8-3-2-4-12(16-13)10(9)7-8/h2-6H,7H2,1H3. The summed E-state index contributed by atoms with van der Waals surface area (Å²) in [5.41, 5.74) is 3.46. The molecule has 1 nitrogen and oxygen atoms in total. The van der Waals surface area contributed by atoms with Crippen molar-refractivity contribution >= 4 is 41.0 Å². The van der Waals surface area contributed by atoms with Gasteiger partial charge in [-0.2, -0.15) is 0 Å². The lowest BCUT2D eigenvalue weighted by molar-refractivity contribution is -0.111. The molecule has 1 heterocycles. The number of rotatable bonds is 1. The third kappa shape index (κ3) is 1.43. The van der Waals surface area contributed by atoms with E-state index in [1.54, 1.807) is 17.8 Å². The maximum absolute atomic E-state index is 11.8. The molecule has 80 valence electrons. The lowest BCUT2D eigenvalue weighted by Crippen LogP contribution is -1.99. The average molecular weight is 246 g/mol. The fraction of sp³-hybridized carbons (Fsp3) is 0.154. The Morgan fingerprint density at radius 1 is 1.31 bits per heavy atom. The third-order valence-electron chi connectivity index (χ3n) is 2.86. The molecular weight excluding hydrogens is 236 g/mol. The summed E-state index contributed by atoms with van der Waals surface area (Å²) in [6.45, 7) is 0. The number of carbonyl (C=O) groups is 1. The van der Waals surface area contributed by atoms with Crippen LogP contribution in [0, 0.1) is 0 Å². The second-order valence-electron chi connectivity index (χ2n) is 3.78. The van der Waals surface area contributed by atoms with Crippen molar-refractivity contribution in [1.29, 1.82) is 0 Å². The van der Waals surface area contributed by atoms with Crippen LogP contribution in [0.25, 0.3) is 12.2 Å². The molecule has 2 aliphatic carbocycles. The van der Waals surface area contributed by atoms with Crippen LogP contribution < -0.4 is 0 Å².